The maximum atomic E-state index is 11.7. The van der Waals surface area contributed by atoms with E-state index in [4.69, 9.17) is 9.57 Å². The second-order valence-electron chi connectivity index (χ2n) is 4.35. The molecule has 0 saturated heterocycles. The average Bonchev–Trinajstić information content (AvgIpc) is 2.23. The molecule has 1 aliphatic carbocycles. The van der Waals surface area contributed by atoms with E-state index in [1.54, 1.807) is 7.11 Å². The third-order valence-electron chi connectivity index (χ3n) is 3.04. The van der Waals surface area contributed by atoms with Gasteiger partial charge in [0.25, 0.3) is 0 Å². The smallest absolute Gasteiger partial charge is 0.246 e. The molecule has 0 heterocycles. The minimum Gasteiger partial charge on any atom is -0.382 e. The molecule has 4 heteroatoms. The Labute approximate surface area is 97.6 Å². The van der Waals surface area contributed by atoms with Crippen LogP contribution in [0.15, 0.2) is 0 Å². The summed E-state index contributed by atoms with van der Waals surface area (Å²) in [5.41, 5.74) is 2.52. The minimum atomic E-state index is 0.0398. The average molecular weight is 229 g/mol. The topological polar surface area (TPSA) is 47.6 Å². The highest BCUT2D eigenvalue weighted by Crippen LogP contribution is 2.22. The van der Waals surface area contributed by atoms with Crippen molar-refractivity contribution >= 4 is 5.91 Å². The van der Waals surface area contributed by atoms with Gasteiger partial charge in [0.15, 0.2) is 0 Å². The van der Waals surface area contributed by atoms with E-state index in [9.17, 15) is 4.79 Å². The highest BCUT2D eigenvalue weighted by molar-refractivity contribution is 5.77. The molecule has 0 unspecified atom stereocenters. The fourth-order valence-electron chi connectivity index (χ4n) is 2.05. The first kappa shape index (κ1) is 13.5. The van der Waals surface area contributed by atoms with Gasteiger partial charge in [-0.2, -0.15) is 0 Å². The van der Waals surface area contributed by atoms with E-state index in [1.165, 1.54) is 19.3 Å². The number of hydrogen-bond donors (Lipinski definition) is 1. The van der Waals surface area contributed by atoms with Crippen LogP contribution in [0.5, 0.6) is 0 Å². The Kier molecular flexibility index (Phi) is 7.17. The number of carbonyl (C=O) groups excluding carboxylic acids is 1. The molecule has 0 spiro atoms. The van der Waals surface area contributed by atoms with Gasteiger partial charge in [0.2, 0.25) is 5.91 Å². The van der Waals surface area contributed by atoms with Gasteiger partial charge in [-0.15, -0.1) is 0 Å². The summed E-state index contributed by atoms with van der Waals surface area (Å²) in [5, 5.41) is 0. The molecule has 0 radical (unpaired) electrons. The molecule has 1 saturated carbocycles. The van der Waals surface area contributed by atoms with Crippen LogP contribution in [0.3, 0.4) is 0 Å². The summed E-state index contributed by atoms with van der Waals surface area (Å²) in [6.07, 6.45) is 8.16. The number of carbonyl (C=O) groups is 1. The zero-order valence-corrected chi connectivity index (χ0v) is 10.2. The predicted octanol–water partition coefficient (Wildman–Crippen LogP) is 2.04. The zero-order chi connectivity index (χ0) is 11.6. The monoisotopic (exact) mass is 229 g/mol. The summed E-state index contributed by atoms with van der Waals surface area (Å²) >= 11 is 0. The molecule has 1 amide bonds. The van der Waals surface area contributed by atoms with Gasteiger partial charge >= 0.3 is 0 Å². The number of amides is 1. The molecule has 4 nitrogen and oxygen atoms in total. The summed E-state index contributed by atoms with van der Waals surface area (Å²) < 4.78 is 4.83. The van der Waals surface area contributed by atoms with Crippen LogP contribution in [0.25, 0.3) is 0 Å². The first-order valence-electron chi connectivity index (χ1n) is 6.25. The second kappa shape index (κ2) is 8.53. The number of methoxy groups -OCH3 is 1. The highest BCUT2D eigenvalue weighted by atomic mass is 16.7. The molecule has 0 aromatic carbocycles. The fraction of sp³-hybridized carbons (Fsp3) is 0.917. The van der Waals surface area contributed by atoms with Crippen molar-refractivity contribution in [2.75, 3.05) is 20.3 Å². The number of hydroxylamine groups is 1. The second-order valence-corrected chi connectivity index (χ2v) is 4.35. The Morgan fingerprint density at radius 1 is 1.12 bits per heavy atom. The fourth-order valence-corrected chi connectivity index (χ4v) is 2.05. The number of ether oxygens (including phenoxy) is 1. The van der Waals surface area contributed by atoms with Gasteiger partial charge in [-0.1, -0.05) is 32.1 Å². The van der Waals surface area contributed by atoms with Crippen LogP contribution in [0.1, 0.15) is 44.9 Å². The maximum Gasteiger partial charge on any atom is 0.246 e. The highest BCUT2D eigenvalue weighted by Gasteiger charge is 2.19. The molecular weight excluding hydrogens is 206 g/mol. The Morgan fingerprint density at radius 2 is 1.75 bits per heavy atom. The summed E-state index contributed by atoms with van der Waals surface area (Å²) in [7, 11) is 1.61. The molecular formula is C12H23NO3. The van der Waals surface area contributed by atoms with E-state index >= 15 is 0 Å². The van der Waals surface area contributed by atoms with Crippen molar-refractivity contribution in [2.45, 2.75) is 44.9 Å². The third-order valence-corrected chi connectivity index (χ3v) is 3.04. The molecule has 0 aliphatic heterocycles. The lowest BCUT2D eigenvalue weighted by Gasteiger charge is -2.18. The summed E-state index contributed by atoms with van der Waals surface area (Å²) in [6, 6.07) is 0. The zero-order valence-electron chi connectivity index (χ0n) is 10.2. The third kappa shape index (κ3) is 5.47. The molecule has 1 fully saturated rings. The van der Waals surface area contributed by atoms with Crippen molar-refractivity contribution in [3.8, 4) is 0 Å². The van der Waals surface area contributed by atoms with Crippen LogP contribution in [0.2, 0.25) is 0 Å². The van der Waals surface area contributed by atoms with Crippen LogP contribution in [-0.2, 0) is 14.4 Å². The van der Waals surface area contributed by atoms with E-state index in [0.717, 1.165) is 25.7 Å². The van der Waals surface area contributed by atoms with E-state index in [2.05, 4.69) is 5.48 Å². The molecule has 0 aromatic heterocycles. The van der Waals surface area contributed by atoms with Gasteiger partial charge in [-0.3, -0.25) is 9.63 Å². The van der Waals surface area contributed by atoms with E-state index < -0.39 is 0 Å². The van der Waals surface area contributed by atoms with Crippen LogP contribution < -0.4 is 5.48 Å². The lowest BCUT2D eigenvalue weighted by molar-refractivity contribution is -0.139. The number of rotatable bonds is 5. The summed E-state index contributed by atoms with van der Waals surface area (Å²) in [5.74, 6) is 0.181. The lowest BCUT2D eigenvalue weighted by Crippen LogP contribution is -2.32. The van der Waals surface area contributed by atoms with E-state index in [0.29, 0.717) is 13.2 Å². The van der Waals surface area contributed by atoms with Crippen LogP contribution in [-0.4, -0.2) is 26.2 Å². The predicted molar refractivity (Wildman–Crippen MR) is 61.8 cm³/mol. The molecule has 0 aromatic rings. The van der Waals surface area contributed by atoms with Crippen molar-refractivity contribution < 1.29 is 14.4 Å². The van der Waals surface area contributed by atoms with Gasteiger partial charge < -0.3 is 4.74 Å². The lowest BCUT2D eigenvalue weighted by atomic mass is 9.91. The van der Waals surface area contributed by atoms with Crippen molar-refractivity contribution in [1.29, 1.82) is 0 Å². The van der Waals surface area contributed by atoms with Crippen LogP contribution in [0, 0.1) is 5.92 Å². The minimum absolute atomic E-state index is 0.0398. The standard InChI is InChI=1S/C12H23NO3/c1-15-9-10-16-13-12(14)11-7-5-3-2-4-6-8-11/h11H,2-10H2,1H3,(H,13,14). The molecule has 0 bridgehead atoms. The number of nitrogens with one attached hydrogen (secondary N) is 1. The van der Waals surface area contributed by atoms with Gasteiger partial charge in [0.1, 0.15) is 0 Å². The first-order valence-corrected chi connectivity index (χ1v) is 6.25. The van der Waals surface area contributed by atoms with E-state index in [1.807, 2.05) is 0 Å². The van der Waals surface area contributed by atoms with Gasteiger partial charge in [0.05, 0.1) is 13.2 Å². The molecule has 1 N–H and O–H groups in total. The summed E-state index contributed by atoms with van der Waals surface area (Å²) in [4.78, 5) is 16.8. The van der Waals surface area contributed by atoms with E-state index in [-0.39, 0.29) is 11.8 Å². The number of hydrogen-bond acceptors (Lipinski definition) is 3. The molecule has 94 valence electrons. The molecule has 1 rings (SSSR count). The first-order chi connectivity index (χ1) is 7.84. The van der Waals surface area contributed by atoms with Gasteiger partial charge in [0, 0.05) is 13.0 Å². The Bertz CT molecular complexity index is 189. The van der Waals surface area contributed by atoms with Crippen molar-refractivity contribution in [3.63, 3.8) is 0 Å². The molecule has 1 aliphatic rings. The largest absolute Gasteiger partial charge is 0.382 e. The summed E-state index contributed by atoms with van der Waals surface area (Å²) in [6.45, 7) is 0.917. The Hall–Kier alpha value is -0.610. The van der Waals surface area contributed by atoms with Crippen LogP contribution >= 0.6 is 0 Å². The maximum absolute atomic E-state index is 11.7. The Balaban J connectivity index is 2.17. The van der Waals surface area contributed by atoms with Crippen molar-refractivity contribution in [3.05, 3.63) is 0 Å². The van der Waals surface area contributed by atoms with Crippen molar-refractivity contribution in [2.24, 2.45) is 5.92 Å². The quantitative estimate of drug-likeness (QED) is 0.579. The SMILES string of the molecule is COCCONC(=O)C1CCCCCCC1. The molecule has 16 heavy (non-hydrogen) atoms. The van der Waals surface area contributed by atoms with Crippen LogP contribution in [0.4, 0.5) is 0 Å². The molecule has 0 atom stereocenters. The normalized spacial score (nSPS) is 18.8. The van der Waals surface area contributed by atoms with Gasteiger partial charge in [-0.25, -0.2) is 5.48 Å². The van der Waals surface area contributed by atoms with Crippen molar-refractivity contribution in [1.82, 2.24) is 5.48 Å². The Morgan fingerprint density at radius 3 is 2.38 bits per heavy atom. The van der Waals surface area contributed by atoms with Gasteiger partial charge in [-0.05, 0) is 12.8 Å².